The van der Waals surface area contributed by atoms with Crippen molar-refractivity contribution >= 4 is 14.2 Å². The molecule has 0 rings (SSSR count). The summed E-state index contributed by atoms with van der Waals surface area (Å²) in [5, 5.41) is 0. The van der Waals surface area contributed by atoms with Crippen LogP contribution in [0.1, 0.15) is 51.4 Å². The molecule has 0 aromatic heterocycles. The van der Waals surface area contributed by atoms with Crippen molar-refractivity contribution in [3.05, 3.63) is 9.66 Å². The molecular weight excluding hydrogens is 412 g/mol. The van der Waals surface area contributed by atoms with Crippen LogP contribution in [0.15, 0.2) is 9.66 Å². The molecule has 0 aliphatic carbocycles. The Hall–Kier alpha value is 0.435. The zero-order valence-corrected chi connectivity index (χ0v) is 16.5. The first kappa shape index (κ1) is 16.4. The van der Waals surface area contributed by atoms with Crippen LogP contribution in [-0.4, -0.2) is 13.1 Å². The molecule has 0 aliphatic heterocycles. The quantitative estimate of drug-likeness (QED) is 0.296. The summed E-state index contributed by atoms with van der Waals surface area (Å²) in [5.74, 6) is -0.0853. The van der Waals surface area contributed by atoms with Gasteiger partial charge in [-0.15, -0.1) is 0 Å². The number of hydrogen-bond acceptors (Lipinski definition) is 2. The summed E-state index contributed by atoms with van der Waals surface area (Å²) in [5.41, 5.74) is 0. The zero-order valence-electron chi connectivity index (χ0n) is 10.2. The molecule has 0 atom stereocenters. The Morgan fingerprint density at radius 1 is 1.19 bits per heavy atom. The van der Waals surface area contributed by atoms with Crippen LogP contribution in [0.5, 0.6) is 0 Å². The number of rotatable bonds is 10. The first-order valence-corrected chi connectivity index (χ1v) is 16.0. The van der Waals surface area contributed by atoms with E-state index in [1.807, 2.05) is 0 Å². The van der Waals surface area contributed by atoms with Crippen molar-refractivity contribution < 1.29 is 32.9 Å². The van der Waals surface area contributed by atoms with Gasteiger partial charge in [0.1, 0.15) is 0 Å². The second-order valence-corrected chi connectivity index (χ2v) is 9.60. The van der Waals surface area contributed by atoms with Crippen molar-refractivity contribution in [1.29, 1.82) is 0 Å². The van der Waals surface area contributed by atoms with Gasteiger partial charge in [-0.1, -0.05) is 0 Å². The predicted molar refractivity (Wildman–Crippen MR) is 63.9 cm³/mol. The van der Waals surface area contributed by atoms with Crippen molar-refractivity contribution in [2.45, 2.75) is 51.4 Å². The molecule has 0 spiro atoms. The van der Waals surface area contributed by atoms with E-state index in [2.05, 4.69) is 14.4 Å². The van der Waals surface area contributed by atoms with Crippen molar-refractivity contribution in [3.63, 3.8) is 0 Å². The van der Waals surface area contributed by atoms with Crippen LogP contribution >= 0.6 is 8.25 Å². The van der Waals surface area contributed by atoms with E-state index >= 15 is 0 Å². The number of ether oxygens (including phenoxy) is 1. The molecule has 4 heteroatoms. The molecule has 0 aromatic carbocycles. The van der Waals surface area contributed by atoms with E-state index < -0.39 is 23.3 Å². The molecule has 2 nitrogen and oxygen atoms in total. The molecule has 0 bridgehead atoms. The average molecular weight is 433 g/mol. The molecule has 0 fully saturated rings. The number of unbranched alkanes of at least 4 members (excludes halogenated alkanes) is 6. The molecule has 0 aliphatic rings. The fourth-order valence-electron chi connectivity index (χ4n) is 1.52. The van der Waals surface area contributed by atoms with Crippen LogP contribution in [0.2, 0.25) is 0 Å². The Labute approximate surface area is 115 Å². The van der Waals surface area contributed by atoms with Gasteiger partial charge in [0.15, 0.2) is 0 Å². The Kier molecular flexibility index (Phi) is 13.9. The second kappa shape index (κ2) is 13.5. The van der Waals surface area contributed by atoms with Gasteiger partial charge in [-0.3, -0.25) is 0 Å². The van der Waals surface area contributed by atoms with E-state index in [4.69, 9.17) is 8.25 Å². The topological polar surface area (TPSA) is 26.3 Å². The van der Waals surface area contributed by atoms with Gasteiger partial charge >= 0.3 is 108 Å². The summed E-state index contributed by atoms with van der Waals surface area (Å²) in [6, 6.07) is 0. The summed E-state index contributed by atoms with van der Waals surface area (Å²) in [6.07, 6.45) is 11.2. The molecule has 0 radical (unpaired) electrons. The summed E-state index contributed by atoms with van der Waals surface area (Å²) in [4.78, 5) is 10.8. The zero-order chi connectivity index (χ0) is 12.1. The third-order valence-corrected chi connectivity index (χ3v) is 6.04. The summed E-state index contributed by atoms with van der Waals surface area (Å²) < 4.78 is 6.80. The van der Waals surface area contributed by atoms with Crippen molar-refractivity contribution in [2.24, 2.45) is 0 Å². The van der Waals surface area contributed by atoms with Crippen molar-refractivity contribution in [2.75, 3.05) is 7.11 Å². The standard InChI is InChI=1S/C12H21O2.ClH.Hg/c1-3-4-5-6-7-8-9-10-11-12(13)14-2;;/h1,3H,4-11H2,2H3;1H;/q;;+1/p-1. The van der Waals surface area contributed by atoms with Crippen LogP contribution in [0.3, 0.4) is 0 Å². The number of methoxy groups -OCH3 is 1. The minimum absolute atomic E-state index is 0.0853. The molecule has 16 heavy (non-hydrogen) atoms. The average Bonchev–Trinajstić information content (AvgIpc) is 2.31. The molecule has 0 unspecified atom stereocenters. The minimum atomic E-state index is -1.01. The van der Waals surface area contributed by atoms with Gasteiger partial charge in [0.25, 0.3) is 0 Å². The van der Waals surface area contributed by atoms with Crippen LogP contribution in [0.25, 0.3) is 0 Å². The third kappa shape index (κ3) is 12.5. The van der Waals surface area contributed by atoms with E-state index in [0.717, 1.165) is 12.8 Å². The van der Waals surface area contributed by atoms with Gasteiger partial charge in [0, 0.05) is 0 Å². The van der Waals surface area contributed by atoms with E-state index in [1.165, 1.54) is 39.2 Å². The summed E-state index contributed by atoms with van der Waals surface area (Å²) >= 11 is -1.01. The van der Waals surface area contributed by atoms with E-state index in [1.54, 1.807) is 0 Å². The number of carbonyl (C=O) groups is 1. The molecule has 0 heterocycles. The summed E-state index contributed by atoms with van der Waals surface area (Å²) in [7, 11) is 7.18. The Morgan fingerprint density at radius 3 is 2.44 bits per heavy atom. The molecule has 0 saturated carbocycles. The summed E-state index contributed by atoms with van der Waals surface area (Å²) in [6.45, 7) is 0. The van der Waals surface area contributed by atoms with E-state index in [9.17, 15) is 4.79 Å². The van der Waals surface area contributed by atoms with Crippen molar-refractivity contribution in [1.82, 2.24) is 0 Å². The maximum absolute atomic E-state index is 10.8. The number of esters is 1. The number of allylic oxidation sites excluding steroid dienone is 1. The molecule has 0 aromatic rings. The van der Waals surface area contributed by atoms with Crippen LogP contribution < -0.4 is 0 Å². The van der Waals surface area contributed by atoms with Crippen LogP contribution in [0.4, 0.5) is 0 Å². The first-order valence-electron chi connectivity index (χ1n) is 6.09. The molecule has 90 valence electrons. The number of halogens is 1. The fraction of sp³-hybridized carbons (Fsp3) is 0.750. The van der Waals surface area contributed by atoms with Gasteiger partial charge in [0.2, 0.25) is 0 Å². The van der Waals surface area contributed by atoms with Gasteiger partial charge < -0.3 is 0 Å². The molecule has 0 N–H and O–H groups in total. The molecular formula is C12H21ClHgO2. The molecule has 0 amide bonds. The Balaban J connectivity index is 3.04. The maximum atomic E-state index is 10.8. The van der Waals surface area contributed by atoms with Gasteiger partial charge in [-0.25, -0.2) is 0 Å². The van der Waals surface area contributed by atoms with Crippen LogP contribution in [-0.2, 0) is 32.9 Å². The van der Waals surface area contributed by atoms with Gasteiger partial charge in [-0.05, 0) is 0 Å². The van der Waals surface area contributed by atoms with Gasteiger partial charge in [0.05, 0.1) is 7.11 Å². The molecule has 0 saturated heterocycles. The third-order valence-electron chi connectivity index (χ3n) is 2.49. The number of hydrogen-bond donors (Lipinski definition) is 0. The first-order chi connectivity index (χ1) is 7.81. The fourth-order valence-corrected chi connectivity index (χ4v) is 4.03. The normalized spacial score (nSPS) is 10.4. The van der Waals surface area contributed by atoms with E-state index in [0.29, 0.717) is 6.42 Å². The number of carbonyl (C=O) groups excluding carboxylic acids is 1. The Bertz CT molecular complexity index is 195. The van der Waals surface area contributed by atoms with E-state index in [-0.39, 0.29) is 5.97 Å². The monoisotopic (exact) mass is 434 g/mol. The second-order valence-electron chi connectivity index (χ2n) is 3.86. The Morgan fingerprint density at radius 2 is 1.81 bits per heavy atom. The van der Waals surface area contributed by atoms with Crippen LogP contribution in [0, 0.1) is 0 Å². The van der Waals surface area contributed by atoms with Gasteiger partial charge in [-0.2, -0.15) is 0 Å². The predicted octanol–water partition coefficient (Wildman–Crippen LogP) is 4.03. The SMILES string of the molecule is COC(=O)CCCCCCCCC=[CH][Hg][Cl]. The van der Waals surface area contributed by atoms with Crippen molar-refractivity contribution in [3.8, 4) is 0 Å².